The monoisotopic (exact) mass is 310 g/mol. The van der Waals surface area contributed by atoms with Gasteiger partial charge in [-0.15, -0.1) is 0 Å². The number of nitrogens with one attached hydrogen (secondary N) is 1. The van der Waals surface area contributed by atoms with Crippen LogP contribution >= 0.6 is 0 Å². The van der Waals surface area contributed by atoms with Crippen LogP contribution in [0.4, 0.5) is 0 Å². The van der Waals surface area contributed by atoms with Gasteiger partial charge < -0.3 is 4.90 Å². The zero-order valence-corrected chi connectivity index (χ0v) is 13.3. The minimum atomic E-state index is -3.17. The van der Waals surface area contributed by atoms with E-state index in [0.29, 0.717) is 31.5 Å². The van der Waals surface area contributed by atoms with Crippen molar-refractivity contribution in [2.75, 3.05) is 18.8 Å². The topological polar surface area (TPSA) is 66.5 Å². The van der Waals surface area contributed by atoms with E-state index in [1.807, 2.05) is 31.2 Å². The number of hydrogen-bond acceptors (Lipinski definition) is 3. The van der Waals surface area contributed by atoms with Crippen molar-refractivity contribution in [3.63, 3.8) is 0 Å². The first-order chi connectivity index (χ1) is 9.91. The number of carbonyl (C=O) groups excluding carboxylic acids is 1. The Hall–Kier alpha value is -1.40. The smallest absolute Gasteiger partial charge is 0.253 e. The molecular weight excluding hydrogens is 288 g/mol. The molecule has 0 aliphatic carbocycles. The van der Waals surface area contributed by atoms with Crippen LogP contribution in [-0.4, -0.2) is 44.1 Å². The first kappa shape index (κ1) is 16.0. The quantitative estimate of drug-likeness (QED) is 0.917. The summed E-state index contributed by atoms with van der Waals surface area (Å²) in [6.07, 6.45) is 1.33. The van der Waals surface area contributed by atoms with E-state index in [1.165, 1.54) is 0 Å². The Labute approximate surface area is 126 Å². The lowest BCUT2D eigenvalue weighted by atomic mass is 10.0. The molecule has 1 heterocycles. The van der Waals surface area contributed by atoms with E-state index in [1.54, 1.807) is 11.8 Å². The van der Waals surface area contributed by atoms with Crippen LogP contribution in [0.15, 0.2) is 24.3 Å². The van der Waals surface area contributed by atoms with Crippen LogP contribution in [-0.2, 0) is 10.0 Å². The van der Waals surface area contributed by atoms with E-state index in [4.69, 9.17) is 0 Å². The van der Waals surface area contributed by atoms with Crippen molar-refractivity contribution < 1.29 is 13.2 Å². The Balaban J connectivity index is 1.92. The lowest BCUT2D eigenvalue weighted by Crippen LogP contribution is -2.46. The second-order valence-electron chi connectivity index (χ2n) is 5.45. The molecule has 1 amide bonds. The van der Waals surface area contributed by atoms with E-state index in [0.717, 1.165) is 5.56 Å². The molecule has 0 radical (unpaired) electrons. The Morgan fingerprint density at radius 3 is 2.33 bits per heavy atom. The average molecular weight is 310 g/mol. The molecule has 1 N–H and O–H groups in total. The van der Waals surface area contributed by atoms with E-state index < -0.39 is 10.0 Å². The van der Waals surface area contributed by atoms with Crippen molar-refractivity contribution in [1.29, 1.82) is 0 Å². The first-order valence-electron chi connectivity index (χ1n) is 7.27. The summed E-state index contributed by atoms with van der Waals surface area (Å²) in [6, 6.07) is 7.47. The zero-order valence-electron chi connectivity index (χ0n) is 12.5. The van der Waals surface area contributed by atoms with Crippen LogP contribution in [0.2, 0.25) is 0 Å². The molecule has 0 bridgehead atoms. The summed E-state index contributed by atoms with van der Waals surface area (Å²) >= 11 is 0. The zero-order chi connectivity index (χ0) is 15.5. The van der Waals surface area contributed by atoms with Gasteiger partial charge in [0.2, 0.25) is 10.0 Å². The fourth-order valence-electron chi connectivity index (χ4n) is 2.42. The second kappa shape index (κ2) is 6.58. The summed E-state index contributed by atoms with van der Waals surface area (Å²) in [4.78, 5) is 14.1. The summed E-state index contributed by atoms with van der Waals surface area (Å²) in [6.45, 7) is 4.78. The third-order valence-corrected chi connectivity index (χ3v) is 5.26. The third kappa shape index (κ3) is 4.28. The molecule has 6 heteroatoms. The summed E-state index contributed by atoms with van der Waals surface area (Å²) in [5, 5.41) is 0. The predicted molar refractivity (Wildman–Crippen MR) is 82.7 cm³/mol. The van der Waals surface area contributed by atoms with Crippen LogP contribution in [0, 0.1) is 6.92 Å². The van der Waals surface area contributed by atoms with Gasteiger partial charge in [0.05, 0.1) is 5.75 Å². The second-order valence-corrected chi connectivity index (χ2v) is 7.50. The average Bonchev–Trinajstić information content (AvgIpc) is 2.48. The normalized spacial score (nSPS) is 17.0. The maximum absolute atomic E-state index is 12.3. The maximum atomic E-state index is 12.3. The van der Waals surface area contributed by atoms with Crippen molar-refractivity contribution in [1.82, 2.24) is 9.62 Å². The van der Waals surface area contributed by atoms with E-state index >= 15 is 0 Å². The standard InChI is InChI=1S/C15H22N2O3S/c1-3-21(19,20)16-14-8-10-17(11-9-14)15(18)13-6-4-12(2)5-7-13/h4-7,14,16H,3,8-11H2,1-2H3. The predicted octanol–water partition coefficient (Wildman–Crippen LogP) is 1.54. The van der Waals surface area contributed by atoms with Gasteiger partial charge in [-0.05, 0) is 38.8 Å². The number of sulfonamides is 1. The Kier molecular flexibility index (Phi) is 5.00. The van der Waals surface area contributed by atoms with Gasteiger partial charge in [0.15, 0.2) is 0 Å². The maximum Gasteiger partial charge on any atom is 0.253 e. The van der Waals surface area contributed by atoms with Crippen LogP contribution in [0.25, 0.3) is 0 Å². The molecular formula is C15H22N2O3S. The Morgan fingerprint density at radius 1 is 1.24 bits per heavy atom. The molecule has 0 spiro atoms. The lowest BCUT2D eigenvalue weighted by Gasteiger charge is -2.32. The summed E-state index contributed by atoms with van der Waals surface area (Å²) in [5.41, 5.74) is 1.81. The van der Waals surface area contributed by atoms with E-state index in [9.17, 15) is 13.2 Å². The number of rotatable bonds is 4. The summed E-state index contributed by atoms with van der Waals surface area (Å²) < 4.78 is 25.8. The van der Waals surface area contributed by atoms with Crippen LogP contribution in [0.5, 0.6) is 0 Å². The molecule has 116 valence electrons. The highest BCUT2D eigenvalue weighted by Crippen LogP contribution is 2.15. The highest BCUT2D eigenvalue weighted by Gasteiger charge is 2.25. The van der Waals surface area contributed by atoms with Gasteiger partial charge in [0.25, 0.3) is 5.91 Å². The summed E-state index contributed by atoms with van der Waals surface area (Å²) in [7, 11) is -3.17. The number of amides is 1. The molecule has 0 saturated carbocycles. The molecule has 5 nitrogen and oxygen atoms in total. The number of likely N-dealkylation sites (tertiary alicyclic amines) is 1. The fourth-order valence-corrected chi connectivity index (χ4v) is 3.33. The third-order valence-electron chi connectivity index (χ3n) is 3.81. The van der Waals surface area contributed by atoms with Gasteiger partial charge in [0.1, 0.15) is 0 Å². The molecule has 1 aromatic rings. The molecule has 1 fully saturated rings. The molecule has 0 aromatic heterocycles. The van der Waals surface area contributed by atoms with Crippen molar-refractivity contribution in [3.8, 4) is 0 Å². The SMILES string of the molecule is CCS(=O)(=O)NC1CCN(C(=O)c2ccc(C)cc2)CC1. The minimum Gasteiger partial charge on any atom is -0.339 e. The van der Waals surface area contributed by atoms with Crippen molar-refractivity contribution in [3.05, 3.63) is 35.4 Å². The number of aryl methyl sites for hydroxylation is 1. The highest BCUT2D eigenvalue weighted by atomic mass is 32.2. The lowest BCUT2D eigenvalue weighted by molar-refractivity contribution is 0.0711. The fraction of sp³-hybridized carbons (Fsp3) is 0.533. The largest absolute Gasteiger partial charge is 0.339 e. The summed E-state index contributed by atoms with van der Waals surface area (Å²) in [5.74, 6) is 0.113. The van der Waals surface area contributed by atoms with Gasteiger partial charge in [-0.25, -0.2) is 13.1 Å². The van der Waals surface area contributed by atoms with Gasteiger partial charge in [-0.1, -0.05) is 17.7 Å². The van der Waals surface area contributed by atoms with Gasteiger partial charge >= 0.3 is 0 Å². The minimum absolute atomic E-state index is 0.0202. The van der Waals surface area contributed by atoms with E-state index in [-0.39, 0.29) is 17.7 Å². The molecule has 0 unspecified atom stereocenters. The number of benzene rings is 1. The van der Waals surface area contributed by atoms with Gasteiger partial charge in [-0.2, -0.15) is 0 Å². The molecule has 2 rings (SSSR count). The van der Waals surface area contributed by atoms with Crippen LogP contribution < -0.4 is 4.72 Å². The number of piperidine rings is 1. The van der Waals surface area contributed by atoms with Gasteiger partial charge in [0, 0.05) is 24.7 Å². The van der Waals surface area contributed by atoms with Crippen molar-refractivity contribution in [2.45, 2.75) is 32.7 Å². The first-order valence-corrected chi connectivity index (χ1v) is 8.92. The molecule has 1 aliphatic rings. The van der Waals surface area contributed by atoms with Crippen LogP contribution in [0.3, 0.4) is 0 Å². The number of nitrogens with zero attached hydrogens (tertiary/aromatic N) is 1. The Morgan fingerprint density at radius 2 is 1.81 bits per heavy atom. The molecule has 1 aliphatic heterocycles. The number of carbonyl (C=O) groups is 1. The molecule has 0 atom stereocenters. The number of hydrogen-bond donors (Lipinski definition) is 1. The Bertz CT molecular complexity index is 588. The van der Waals surface area contributed by atoms with Crippen LogP contribution in [0.1, 0.15) is 35.7 Å². The van der Waals surface area contributed by atoms with Crippen molar-refractivity contribution in [2.24, 2.45) is 0 Å². The van der Waals surface area contributed by atoms with E-state index in [2.05, 4.69) is 4.72 Å². The van der Waals surface area contributed by atoms with Gasteiger partial charge in [-0.3, -0.25) is 4.79 Å². The van der Waals surface area contributed by atoms with Crippen molar-refractivity contribution >= 4 is 15.9 Å². The molecule has 1 saturated heterocycles. The molecule has 1 aromatic carbocycles. The highest BCUT2D eigenvalue weighted by molar-refractivity contribution is 7.89. The molecule has 21 heavy (non-hydrogen) atoms.